The van der Waals surface area contributed by atoms with Crippen molar-refractivity contribution in [2.24, 2.45) is 0 Å². The SMILES string of the molecule is Brc1ccc2c(c1)Cc1ccccc1-2.Brc1ccc2c3ccccc3n(-c3cccc(-c4ccc5c6ccccc6c6ccccc6c5c4)c3)c2c1.Ic1cccc(-c2ccc3c4ccccc4c4ccccc4c3c2)c1. The van der Waals surface area contributed by atoms with Gasteiger partial charge in [-0.2, -0.15) is 0 Å². The summed E-state index contributed by atoms with van der Waals surface area (Å²) in [5.74, 6) is 0. The molecule has 0 spiro atoms. The van der Waals surface area contributed by atoms with Crippen LogP contribution in [0.25, 0.3) is 126 Å². The van der Waals surface area contributed by atoms with Crippen LogP contribution in [-0.4, -0.2) is 4.57 Å². The van der Waals surface area contributed by atoms with Gasteiger partial charge >= 0.3 is 0 Å². The lowest BCUT2D eigenvalue weighted by atomic mass is 9.92. The summed E-state index contributed by atoms with van der Waals surface area (Å²) in [6.07, 6.45) is 1.07. The van der Waals surface area contributed by atoms with Crippen molar-refractivity contribution in [2.75, 3.05) is 0 Å². The number of halogens is 3. The predicted molar refractivity (Wildman–Crippen MR) is 346 cm³/mol. The first-order valence-corrected chi connectivity index (χ1v) is 28.7. The Morgan fingerprint density at radius 1 is 0.273 bits per heavy atom. The van der Waals surface area contributed by atoms with Gasteiger partial charge in [0.2, 0.25) is 0 Å². The minimum atomic E-state index is 1.07. The number of hydrogen-bond donors (Lipinski definition) is 0. The van der Waals surface area contributed by atoms with Gasteiger partial charge in [-0.15, -0.1) is 0 Å². The van der Waals surface area contributed by atoms with Gasteiger partial charge < -0.3 is 4.57 Å². The number of rotatable bonds is 3. The first-order chi connectivity index (χ1) is 37.9. The molecule has 0 saturated carbocycles. The predicted octanol–water partition coefficient (Wildman–Crippen LogP) is 22.1. The van der Waals surface area contributed by atoms with Crippen molar-refractivity contribution in [3.05, 3.63) is 291 Å². The molecule has 0 amide bonds. The Labute approximate surface area is 477 Å². The highest BCUT2D eigenvalue weighted by Gasteiger charge is 2.18. The fourth-order valence-corrected chi connectivity index (χ4v) is 13.3. The molecule has 1 aliphatic carbocycles. The average Bonchev–Trinajstić information content (AvgIpc) is 4.02. The topological polar surface area (TPSA) is 4.93 Å². The Bertz CT molecular complexity index is 4770. The maximum atomic E-state index is 3.69. The Kier molecular flexibility index (Phi) is 12.3. The zero-order chi connectivity index (χ0) is 51.6. The van der Waals surface area contributed by atoms with Gasteiger partial charge in [-0.25, -0.2) is 0 Å². The Balaban J connectivity index is 0.000000118. The standard InChI is InChI=1S/C36H22BrN.C24H15I.C13H9Br/c37-25-17-19-33-32-14-5-6-15-35(32)38(36(33)22-25)26-9-7-8-23(20-26)24-16-18-31-29-12-2-1-10-27(29)28-11-3-4-13-30(28)34(31)21-24;25-18-7-5-6-16(14-18)17-12-13-23-21-10-2-1-8-19(21)20-9-3-4-11-22(20)24(23)15-17;14-11-5-6-13-10(8-11)7-9-3-1-2-4-12(9)13/h1-22H;1-15H;1-6,8H,7H2. The average molecular weight is 1220 g/mol. The highest BCUT2D eigenvalue weighted by Crippen LogP contribution is 2.41. The number of benzene rings is 14. The van der Waals surface area contributed by atoms with Gasteiger partial charge in [0.15, 0.2) is 0 Å². The summed E-state index contributed by atoms with van der Waals surface area (Å²) in [6.45, 7) is 0. The lowest BCUT2D eigenvalue weighted by Crippen LogP contribution is -1.94. The van der Waals surface area contributed by atoms with E-state index in [0.717, 1.165) is 16.6 Å². The molecule has 15 aromatic rings. The monoisotopic (exact) mass is 1220 g/mol. The van der Waals surface area contributed by atoms with Crippen LogP contribution in [-0.2, 0) is 6.42 Å². The van der Waals surface area contributed by atoms with E-state index in [2.05, 4.69) is 326 Å². The molecule has 77 heavy (non-hydrogen) atoms. The highest BCUT2D eigenvalue weighted by molar-refractivity contribution is 14.1. The molecule has 364 valence electrons. The molecule has 4 heteroatoms. The first kappa shape index (κ1) is 47.6. The van der Waals surface area contributed by atoms with Crippen molar-refractivity contribution in [3.8, 4) is 39.1 Å². The number of nitrogens with zero attached hydrogens (tertiary/aromatic N) is 1. The van der Waals surface area contributed by atoms with Crippen LogP contribution in [0.4, 0.5) is 0 Å². The molecule has 16 rings (SSSR count). The van der Waals surface area contributed by atoms with E-state index in [9.17, 15) is 0 Å². The van der Waals surface area contributed by atoms with Crippen LogP contribution in [0.2, 0.25) is 0 Å². The van der Waals surface area contributed by atoms with Crippen molar-refractivity contribution < 1.29 is 0 Å². The molecule has 1 heterocycles. The Morgan fingerprint density at radius 2 is 0.688 bits per heavy atom. The molecule has 0 aliphatic heterocycles. The second kappa shape index (κ2) is 19.9. The third-order valence-corrected chi connectivity index (χ3v) is 17.1. The van der Waals surface area contributed by atoms with Crippen molar-refractivity contribution in [2.45, 2.75) is 6.42 Å². The van der Waals surface area contributed by atoms with E-state index in [1.807, 2.05) is 0 Å². The van der Waals surface area contributed by atoms with Crippen LogP contribution in [0.3, 0.4) is 0 Å². The van der Waals surface area contributed by atoms with Crippen LogP contribution < -0.4 is 0 Å². The van der Waals surface area contributed by atoms with Gasteiger partial charge in [-0.05, 0) is 205 Å². The Hall–Kier alpha value is -7.87. The lowest BCUT2D eigenvalue weighted by molar-refractivity contribution is 1.18. The third kappa shape index (κ3) is 8.60. The van der Waals surface area contributed by atoms with Crippen molar-refractivity contribution >= 4 is 141 Å². The van der Waals surface area contributed by atoms with E-state index in [4.69, 9.17) is 0 Å². The smallest absolute Gasteiger partial charge is 0.0552 e. The van der Waals surface area contributed by atoms with E-state index in [-0.39, 0.29) is 0 Å². The Morgan fingerprint density at radius 3 is 1.27 bits per heavy atom. The van der Waals surface area contributed by atoms with Crippen molar-refractivity contribution in [1.29, 1.82) is 0 Å². The van der Waals surface area contributed by atoms with E-state index in [0.29, 0.717) is 0 Å². The molecule has 0 fully saturated rings. The van der Waals surface area contributed by atoms with Crippen molar-refractivity contribution in [1.82, 2.24) is 4.57 Å². The molecule has 1 nitrogen and oxygen atoms in total. The summed E-state index contributed by atoms with van der Waals surface area (Å²) < 4.78 is 5.89. The normalized spacial score (nSPS) is 11.8. The van der Waals surface area contributed by atoms with Crippen molar-refractivity contribution in [3.63, 3.8) is 0 Å². The molecule has 0 bridgehead atoms. The van der Waals surface area contributed by atoms with Gasteiger partial charge in [0.1, 0.15) is 0 Å². The lowest BCUT2D eigenvalue weighted by Gasteiger charge is -2.13. The summed E-state index contributed by atoms with van der Waals surface area (Å²) in [5.41, 5.74) is 14.2. The zero-order valence-electron chi connectivity index (χ0n) is 41.7. The molecule has 0 N–H and O–H groups in total. The van der Waals surface area contributed by atoms with E-state index >= 15 is 0 Å². The van der Waals surface area contributed by atoms with Crippen LogP contribution in [0.1, 0.15) is 11.1 Å². The van der Waals surface area contributed by atoms with E-state index < -0.39 is 0 Å². The summed E-state index contributed by atoms with van der Waals surface area (Å²) in [6, 6.07) is 96.7. The van der Waals surface area contributed by atoms with Crippen LogP contribution >= 0.6 is 54.5 Å². The maximum absolute atomic E-state index is 3.69. The van der Waals surface area contributed by atoms with E-state index in [1.54, 1.807) is 0 Å². The maximum Gasteiger partial charge on any atom is 0.0552 e. The molecule has 0 atom stereocenters. The minimum Gasteiger partial charge on any atom is -0.309 e. The number of hydrogen-bond acceptors (Lipinski definition) is 0. The largest absolute Gasteiger partial charge is 0.309 e. The third-order valence-electron chi connectivity index (χ3n) is 15.5. The number of fused-ring (bicyclic) bond motifs is 18. The quantitative estimate of drug-likeness (QED) is 0.123. The minimum absolute atomic E-state index is 1.07. The van der Waals surface area contributed by atoms with Crippen LogP contribution in [0.5, 0.6) is 0 Å². The fraction of sp³-hybridized carbons (Fsp3) is 0.0137. The highest BCUT2D eigenvalue weighted by atomic mass is 127. The summed E-state index contributed by atoms with van der Waals surface area (Å²) in [4.78, 5) is 0. The second-order valence-electron chi connectivity index (χ2n) is 19.9. The molecule has 14 aromatic carbocycles. The molecule has 0 unspecified atom stereocenters. The summed E-state index contributed by atoms with van der Waals surface area (Å²) in [7, 11) is 0. The molecule has 0 saturated heterocycles. The van der Waals surface area contributed by atoms with Gasteiger partial charge in [-0.3, -0.25) is 0 Å². The van der Waals surface area contributed by atoms with Gasteiger partial charge in [-0.1, -0.05) is 232 Å². The molecular formula is C73H46Br2IN. The van der Waals surface area contributed by atoms with Gasteiger partial charge in [0.25, 0.3) is 0 Å². The molecular weight excluding hydrogens is 1180 g/mol. The molecule has 1 aromatic heterocycles. The van der Waals surface area contributed by atoms with Gasteiger partial charge in [0, 0.05) is 29.0 Å². The molecule has 0 radical (unpaired) electrons. The summed E-state index contributed by atoms with van der Waals surface area (Å²) >= 11 is 9.58. The van der Waals surface area contributed by atoms with Gasteiger partial charge in [0.05, 0.1) is 11.0 Å². The molecule has 1 aliphatic rings. The number of para-hydroxylation sites is 1. The van der Waals surface area contributed by atoms with Crippen LogP contribution in [0, 0.1) is 3.57 Å². The number of aromatic nitrogens is 1. The van der Waals surface area contributed by atoms with E-state index in [1.165, 1.54) is 139 Å². The first-order valence-electron chi connectivity index (χ1n) is 26.0. The van der Waals surface area contributed by atoms with Crippen LogP contribution in [0.15, 0.2) is 276 Å². The second-order valence-corrected chi connectivity index (χ2v) is 23.0. The zero-order valence-corrected chi connectivity index (χ0v) is 47.0. The summed E-state index contributed by atoms with van der Waals surface area (Å²) in [5, 5.41) is 18.3. The fourth-order valence-electron chi connectivity index (χ4n) is 12.0.